The van der Waals surface area contributed by atoms with E-state index >= 15 is 0 Å². The second-order valence-corrected chi connectivity index (χ2v) is 10.4. The zero-order valence-electron chi connectivity index (χ0n) is 19.0. The van der Waals surface area contributed by atoms with Crippen LogP contribution in [0, 0.1) is 13.8 Å². The van der Waals surface area contributed by atoms with E-state index in [-0.39, 0.29) is 23.3 Å². The molecule has 1 N–H and O–H groups in total. The Morgan fingerprint density at radius 3 is 2.81 bits per heavy atom. The Morgan fingerprint density at radius 2 is 2.06 bits per heavy atom. The molecule has 0 bridgehead atoms. The Kier molecular flexibility index (Phi) is 7.02. The molecule has 1 aliphatic carbocycles. The number of hydrogen-bond acceptors (Lipinski definition) is 6. The maximum Gasteiger partial charge on any atom is 0.267 e. The number of thiophene rings is 1. The fraction of sp³-hybridized carbons (Fsp3) is 0.458. The fourth-order valence-corrected chi connectivity index (χ4v) is 6.24. The van der Waals surface area contributed by atoms with Gasteiger partial charge in [0, 0.05) is 18.0 Å². The van der Waals surface area contributed by atoms with Gasteiger partial charge in [0.25, 0.3) is 5.56 Å². The molecule has 2 heterocycles. The molecule has 1 aliphatic rings. The number of aryl methyl sites for hydroxylation is 4. The Morgan fingerprint density at radius 1 is 1.28 bits per heavy atom. The first-order valence-electron chi connectivity index (χ1n) is 10.9. The summed E-state index contributed by atoms with van der Waals surface area (Å²) in [6.45, 7) is 6.45. The van der Waals surface area contributed by atoms with Crippen molar-refractivity contribution in [3.05, 3.63) is 50.1 Å². The summed E-state index contributed by atoms with van der Waals surface area (Å²) < 4.78 is 6.78. The Balaban J connectivity index is 1.77. The van der Waals surface area contributed by atoms with Crippen LogP contribution in [0.3, 0.4) is 0 Å². The van der Waals surface area contributed by atoms with E-state index in [4.69, 9.17) is 9.72 Å². The molecule has 32 heavy (non-hydrogen) atoms. The van der Waals surface area contributed by atoms with Crippen molar-refractivity contribution >= 4 is 39.2 Å². The van der Waals surface area contributed by atoms with Crippen molar-refractivity contribution in [3.8, 4) is 5.69 Å². The van der Waals surface area contributed by atoms with Gasteiger partial charge in [0.05, 0.1) is 23.4 Å². The minimum atomic E-state index is -0.106. The maximum absolute atomic E-state index is 13.8. The fourth-order valence-electron chi connectivity index (χ4n) is 4.11. The number of rotatable bonds is 7. The van der Waals surface area contributed by atoms with E-state index in [2.05, 4.69) is 12.2 Å². The summed E-state index contributed by atoms with van der Waals surface area (Å²) in [5.74, 6) is 0.0769. The molecule has 0 saturated carbocycles. The summed E-state index contributed by atoms with van der Waals surface area (Å²) >= 11 is 2.93. The number of carbonyl (C=O) groups is 1. The highest BCUT2D eigenvalue weighted by Gasteiger charge is 2.23. The molecule has 1 atom stereocenters. The van der Waals surface area contributed by atoms with Crippen molar-refractivity contribution < 1.29 is 9.53 Å². The van der Waals surface area contributed by atoms with E-state index in [0.717, 1.165) is 47.2 Å². The minimum Gasteiger partial charge on any atom is -0.383 e. The van der Waals surface area contributed by atoms with Crippen LogP contribution in [0.1, 0.15) is 41.3 Å². The van der Waals surface area contributed by atoms with Crippen LogP contribution in [0.5, 0.6) is 0 Å². The summed E-state index contributed by atoms with van der Waals surface area (Å²) in [6.07, 6.45) is 4.22. The molecule has 0 radical (unpaired) electrons. The molecule has 1 unspecified atom stereocenters. The lowest BCUT2D eigenvalue weighted by molar-refractivity contribution is -0.119. The zero-order valence-corrected chi connectivity index (χ0v) is 20.6. The number of ether oxygens (including phenoxy) is 1. The second kappa shape index (κ2) is 9.77. The van der Waals surface area contributed by atoms with Gasteiger partial charge in [-0.05, 0) is 75.3 Å². The van der Waals surface area contributed by atoms with Crippen molar-refractivity contribution in [1.29, 1.82) is 0 Å². The highest BCUT2D eigenvalue weighted by Crippen LogP contribution is 2.35. The van der Waals surface area contributed by atoms with Gasteiger partial charge < -0.3 is 10.1 Å². The quantitative estimate of drug-likeness (QED) is 0.413. The van der Waals surface area contributed by atoms with Crippen molar-refractivity contribution in [2.45, 2.75) is 57.7 Å². The maximum atomic E-state index is 13.8. The van der Waals surface area contributed by atoms with Crippen molar-refractivity contribution in [1.82, 2.24) is 14.9 Å². The highest BCUT2D eigenvalue weighted by molar-refractivity contribution is 7.99. The molecule has 2 aromatic heterocycles. The summed E-state index contributed by atoms with van der Waals surface area (Å²) in [6, 6.07) is 5.93. The Hall–Kier alpha value is -2.16. The van der Waals surface area contributed by atoms with Gasteiger partial charge in [0.2, 0.25) is 5.91 Å². The number of benzene rings is 1. The number of amides is 1. The third-order valence-electron chi connectivity index (χ3n) is 5.86. The van der Waals surface area contributed by atoms with Gasteiger partial charge in [-0.15, -0.1) is 11.3 Å². The third kappa shape index (κ3) is 4.63. The summed E-state index contributed by atoms with van der Waals surface area (Å²) in [5.41, 5.74) is 4.22. The van der Waals surface area contributed by atoms with Crippen LogP contribution >= 0.6 is 23.1 Å². The molecule has 0 fully saturated rings. The Bertz CT molecular complexity index is 1220. The SMILES string of the molecule is COCC(C)NC(=O)CSc1nc2sc3c(c2c(=O)n1-c1ccc(C)c(C)c1)CCCC3. The molecular formula is C24H29N3O3S2. The van der Waals surface area contributed by atoms with Gasteiger partial charge in [0.1, 0.15) is 4.83 Å². The first kappa shape index (κ1) is 23.0. The Labute approximate surface area is 196 Å². The standard InChI is InChI=1S/C24H29N3O3S2/c1-14-9-10-17(11-15(14)2)27-23(29)21-18-7-5-6-8-19(18)32-22(21)26-24(27)31-13-20(28)25-16(3)12-30-4/h9-11,16H,5-8,12-13H2,1-4H3,(H,25,28). The van der Waals surface area contributed by atoms with Crippen LogP contribution < -0.4 is 10.9 Å². The summed E-state index contributed by atoms with van der Waals surface area (Å²) in [5, 5.41) is 4.23. The normalized spacial score (nSPS) is 14.4. The third-order valence-corrected chi connectivity index (χ3v) is 7.99. The monoisotopic (exact) mass is 471 g/mol. The number of carbonyl (C=O) groups excluding carboxylic acids is 1. The molecular weight excluding hydrogens is 442 g/mol. The van der Waals surface area contributed by atoms with Crippen LogP contribution in [-0.4, -0.2) is 41.0 Å². The second-order valence-electron chi connectivity index (χ2n) is 8.41. The molecule has 0 aliphatic heterocycles. The molecule has 1 aromatic carbocycles. The molecule has 1 amide bonds. The van der Waals surface area contributed by atoms with Crippen molar-refractivity contribution in [2.75, 3.05) is 19.5 Å². The van der Waals surface area contributed by atoms with Crippen LogP contribution in [0.2, 0.25) is 0 Å². The summed E-state index contributed by atoms with van der Waals surface area (Å²) in [7, 11) is 1.61. The molecule has 0 spiro atoms. The lowest BCUT2D eigenvalue weighted by Crippen LogP contribution is -2.36. The number of hydrogen-bond donors (Lipinski definition) is 1. The van der Waals surface area contributed by atoms with Gasteiger partial charge in [-0.1, -0.05) is 17.8 Å². The predicted molar refractivity (Wildman–Crippen MR) is 132 cm³/mol. The van der Waals surface area contributed by atoms with Crippen LogP contribution in [0.15, 0.2) is 28.2 Å². The first-order chi connectivity index (χ1) is 15.4. The number of fused-ring (bicyclic) bond motifs is 3. The molecule has 0 saturated heterocycles. The van der Waals surface area contributed by atoms with Gasteiger partial charge >= 0.3 is 0 Å². The van der Waals surface area contributed by atoms with Gasteiger partial charge in [0.15, 0.2) is 5.16 Å². The van der Waals surface area contributed by atoms with Crippen LogP contribution in [0.4, 0.5) is 0 Å². The number of thioether (sulfide) groups is 1. The topological polar surface area (TPSA) is 73.2 Å². The van der Waals surface area contributed by atoms with Crippen LogP contribution in [-0.2, 0) is 22.4 Å². The lowest BCUT2D eigenvalue weighted by Gasteiger charge is -2.15. The molecule has 8 heteroatoms. The summed E-state index contributed by atoms with van der Waals surface area (Å²) in [4.78, 5) is 33.2. The minimum absolute atomic E-state index is 0.0340. The molecule has 4 rings (SSSR count). The van der Waals surface area contributed by atoms with Crippen LogP contribution in [0.25, 0.3) is 15.9 Å². The van der Waals surface area contributed by atoms with E-state index in [0.29, 0.717) is 11.8 Å². The van der Waals surface area contributed by atoms with Gasteiger partial charge in [-0.2, -0.15) is 0 Å². The zero-order chi connectivity index (χ0) is 22.8. The average molecular weight is 472 g/mol. The molecule has 170 valence electrons. The molecule has 6 nitrogen and oxygen atoms in total. The van der Waals surface area contributed by atoms with E-state index in [1.165, 1.54) is 27.8 Å². The predicted octanol–water partition coefficient (Wildman–Crippen LogP) is 4.19. The first-order valence-corrected chi connectivity index (χ1v) is 12.7. The van der Waals surface area contributed by atoms with Crippen molar-refractivity contribution in [2.24, 2.45) is 0 Å². The van der Waals surface area contributed by atoms with E-state index in [9.17, 15) is 9.59 Å². The number of nitrogens with zero attached hydrogens (tertiary/aromatic N) is 2. The smallest absolute Gasteiger partial charge is 0.267 e. The van der Waals surface area contributed by atoms with E-state index in [1.807, 2.05) is 32.0 Å². The largest absolute Gasteiger partial charge is 0.383 e. The van der Waals surface area contributed by atoms with E-state index < -0.39 is 0 Å². The van der Waals surface area contributed by atoms with Gasteiger partial charge in [-0.3, -0.25) is 14.2 Å². The number of methoxy groups -OCH3 is 1. The van der Waals surface area contributed by atoms with Crippen molar-refractivity contribution in [3.63, 3.8) is 0 Å². The number of aromatic nitrogens is 2. The number of nitrogens with one attached hydrogen (secondary N) is 1. The lowest BCUT2D eigenvalue weighted by atomic mass is 9.97. The highest BCUT2D eigenvalue weighted by atomic mass is 32.2. The van der Waals surface area contributed by atoms with Gasteiger partial charge in [-0.25, -0.2) is 4.98 Å². The average Bonchev–Trinajstić information content (AvgIpc) is 3.13. The van der Waals surface area contributed by atoms with E-state index in [1.54, 1.807) is 23.0 Å². The molecule has 3 aromatic rings.